The van der Waals surface area contributed by atoms with Crippen LogP contribution in [0, 0.1) is 11.8 Å². The Kier molecular flexibility index (Phi) is 55.6. The molecule has 6 aromatic carbocycles. The molecular formula is C84H154O32Si12. The first-order valence-corrected chi connectivity index (χ1v) is 70.9. The van der Waals surface area contributed by atoms with Gasteiger partial charge >= 0.3 is 103 Å². The summed E-state index contributed by atoms with van der Waals surface area (Å²) >= 11 is 0. The molecule has 0 saturated heterocycles. The molecule has 128 heavy (non-hydrogen) atoms. The third kappa shape index (κ3) is 42.9. The normalized spacial score (nSPS) is 20.9. The van der Waals surface area contributed by atoms with Crippen LogP contribution >= 0.6 is 0 Å². The number of benzene rings is 6. The number of rotatable bonds is 50. The quantitative estimate of drug-likeness (QED) is 0.0244. The van der Waals surface area contributed by atoms with Crippen molar-refractivity contribution < 1.29 is 151 Å². The SMILES string of the molecule is CCC[Si](CC(O)CO)(OC)O[Si](C)(O)c1ccccc1.CC[Si](CC(O)CO)(OC)O[Si](C)(O)c1ccccc1.CO[Si](C)(CC(O)CO)O[Si](C)(O)c1ccccc1.CO[Si](CC(C)C)(CC(O)CO)O[Si](C)(O)c1ccccc1.CO[Si](CCCO)(CCC1CCC(O)C(O)C1)O[Si](C)(O)c1ccccc1.CO[Si](O)(CC(O)CO)O[Si](C)(O)c1ccccc1. The van der Waals surface area contributed by atoms with E-state index in [0.29, 0.717) is 66.5 Å². The van der Waals surface area contributed by atoms with Crippen LogP contribution in [0.25, 0.3) is 0 Å². The van der Waals surface area contributed by atoms with Crippen molar-refractivity contribution in [2.75, 3.05) is 82.3 Å². The Morgan fingerprint density at radius 1 is 0.320 bits per heavy atom. The molecule has 0 aromatic heterocycles. The molecule has 0 spiro atoms. The van der Waals surface area contributed by atoms with E-state index >= 15 is 0 Å². The summed E-state index contributed by atoms with van der Waals surface area (Å²) in [6.45, 7) is 18.1. The summed E-state index contributed by atoms with van der Waals surface area (Å²) in [5.41, 5.74) is 0. The van der Waals surface area contributed by atoms with Gasteiger partial charge in [0.2, 0.25) is 0 Å². The van der Waals surface area contributed by atoms with Crippen molar-refractivity contribution in [1.82, 2.24) is 0 Å². The van der Waals surface area contributed by atoms with Crippen molar-refractivity contribution >= 4 is 134 Å². The van der Waals surface area contributed by atoms with Gasteiger partial charge in [0.1, 0.15) is 0 Å². The van der Waals surface area contributed by atoms with E-state index in [1.807, 2.05) is 185 Å². The van der Waals surface area contributed by atoms with Crippen LogP contribution in [-0.2, 0) is 51.2 Å². The average Bonchev–Trinajstić information content (AvgIpc) is 0.846. The fourth-order valence-corrected chi connectivity index (χ4v) is 56.1. The Hall–Kier alpha value is -3.36. The minimum Gasteiger partial charge on any atom is -0.411 e. The lowest BCUT2D eigenvalue weighted by Crippen LogP contribution is -2.59. The molecule has 0 bridgehead atoms. The standard InChI is InChI=1S/C19H34O6Si2.C15H28O5Si2.C14H26O5Si2.C13H24O5Si2.C12H22O5Si2.C11H20O6Si2/c1-24-27(13-6-12-20,14-11-16-9-10-18(21)19(22)15-16)25-26(2,23)17-7-4-3-5-8-17;1-13(2)11-22(19-3,12-14(17)10-16)20-21(4,18)15-8-6-5-7-9-15;1-4-10-21(18-2,12-13(16)11-15)19-20(3,17)14-8-6-5-7-9-14;1-4-20(17-2,11-12(15)10-14)18-19(3,16)13-8-6-5-7-9-13;1-16-18(2,10-11(14)9-13)17-19(3,15)12-7-5-4-6-8-12;1-16-19(15,9-10(13)8-12)17-18(2,14)11-6-4-3-5-7-11/h3-5,7-8,16,18-23H,6,9-15H2,1-2H3;5-9,13-14,16-18H,10-12H2,1-4H3;5-9,13,15-17H,4,10-12H2,1-3H3;5-9,12,14-16H,4,10-11H2,1-3H3;4-8,11,13-15H,9-10H2,1-3H3;3-7,10,12-15H,8-9H2,1-2H3. The van der Waals surface area contributed by atoms with Crippen LogP contribution in [0.1, 0.15) is 66.2 Å². The molecule has 1 aliphatic carbocycles. The predicted molar refractivity (Wildman–Crippen MR) is 521 cm³/mol. The molecule has 7 rings (SSSR count). The van der Waals surface area contributed by atoms with Crippen molar-refractivity contribution in [3.63, 3.8) is 0 Å². The first kappa shape index (κ1) is 121. The molecule has 0 aliphatic heterocycles. The molecule has 1 fully saturated rings. The lowest BCUT2D eigenvalue weighted by Gasteiger charge is -2.37. The molecule has 32 nitrogen and oxygen atoms in total. The molecule has 0 amide bonds. The van der Waals surface area contributed by atoms with Gasteiger partial charge in [0, 0.05) is 79.5 Å². The van der Waals surface area contributed by atoms with E-state index in [2.05, 4.69) is 0 Å². The van der Waals surface area contributed by atoms with Gasteiger partial charge in [0.25, 0.3) is 0 Å². The van der Waals surface area contributed by atoms with Crippen molar-refractivity contribution in [3.8, 4) is 0 Å². The largest absolute Gasteiger partial charge is 0.492 e. The van der Waals surface area contributed by atoms with Crippen LogP contribution in [0.5, 0.6) is 0 Å². The monoisotopic (exact) mass is 2010 g/mol. The zero-order chi connectivity index (χ0) is 96.9. The lowest BCUT2D eigenvalue weighted by molar-refractivity contribution is -0.0260. The van der Waals surface area contributed by atoms with Crippen LogP contribution in [0.4, 0.5) is 0 Å². The van der Waals surface area contributed by atoms with Gasteiger partial charge in [-0.15, -0.1) is 0 Å². The fourth-order valence-electron chi connectivity index (χ4n) is 14.5. The minimum atomic E-state index is -3.72. The Labute approximate surface area is 771 Å². The van der Waals surface area contributed by atoms with E-state index in [0.717, 1.165) is 45.2 Å². The summed E-state index contributed by atoms with van der Waals surface area (Å²) in [6, 6.07) is 59.2. The van der Waals surface area contributed by atoms with E-state index in [9.17, 15) is 74.4 Å². The molecule has 1 saturated carbocycles. The summed E-state index contributed by atoms with van der Waals surface area (Å²) < 4.78 is 69.1. The highest BCUT2D eigenvalue weighted by Gasteiger charge is 2.52. The Morgan fingerprint density at radius 2 is 0.617 bits per heavy atom. The zero-order valence-electron chi connectivity index (χ0n) is 77.9. The summed E-state index contributed by atoms with van der Waals surface area (Å²) in [4.78, 5) is 74.7. The van der Waals surface area contributed by atoms with E-state index < -0.39 is 152 Å². The zero-order valence-corrected chi connectivity index (χ0v) is 89.9. The van der Waals surface area contributed by atoms with Crippen LogP contribution in [0.15, 0.2) is 182 Å². The van der Waals surface area contributed by atoms with Gasteiger partial charge in [0.05, 0.1) is 75.8 Å². The average molecular weight is 2010 g/mol. The second kappa shape index (κ2) is 58.9. The van der Waals surface area contributed by atoms with E-state index in [1.54, 1.807) is 84.9 Å². The van der Waals surface area contributed by atoms with Crippen molar-refractivity contribution in [3.05, 3.63) is 182 Å². The van der Waals surface area contributed by atoms with Crippen LogP contribution in [-0.4, -0.2) is 328 Å². The number of hydrogen-bond donors (Lipinski definition) is 20. The van der Waals surface area contributed by atoms with Gasteiger partial charge < -0.3 is 151 Å². The Bertz CT molecular complexity index is 3780. The molecule has 0 radical (unpaired) electrons. The van der Waals surface area contributed by atoms with Gasteiger partial charge in [0.15, 0.2) is 0 Å². The molecular weight excluding hydrogens is 1860 g/mol. The second-order valence-electron chi connectivity index (χ2n) is 33.5. The molecule has 0 heterocycles. The Morgan fingerprint density at radius 3 is 0.914 bits per heavy atom. The topological polar surface area (TPSA) is 515 Å². The second-order valence-corrected chi connectivity index (χ2v) is 71.7. The highest BCUT2D eigenvalue weighted by Crippen LogP contribution is 2.35. The van der Waals surface area contributed by atoms with Crippen LogP contribution in [0.3, 0.4) is 0 Å². The smallest absolute Gasteiger partial charge is 0.411 e. The third-order valence-corrected chi connectivity index (χ3v) is 64.5. The van der Waals surface area contributed by atoms with Gasteiger partial charge in [-0.2, -0.15) is 0 Å². The van der Waals surface area contributed by atoms with Gasteiger partial charge in [-0.05, 0) is 151 Å². The Balaban J connectivity index is 0.000000522. The maximum absolute atomic E-state index is 11.1. The molecule has 20 atom stereocenters. The molecule has 20 unspecified atom stereocenters. The van der Waals surface area contributed by atoms with Gasteiger partial charge in [-0.3, -0.25) is 0 Å². The maximum atomic E-state index is 11.1. The summed E-state index contributed by atoms with van der Waals surface area (Å²) in [6.07, 6.45) is -1.68. The van der Waals surface area contributed by atoms with Crippen molar-refractivity contribution in [1.29, 1.82) is 0 Å². The molecule has 1 aliphatic rings. The van der Waals surface area contributed by atoms with Crippen LogP contribution in [0.2, 0.25) is 106 Å². The predicted octanol–water partition coefficient (Wildman–Crippen LogP) is 2.64. The highest BCUT2D eigenvalue weighted by molar-refractivity contribution is 6.90. The van der Waals surface area contributed by atoms with E-state index in [1.165, 1.54) is 27.9 Å². The van der Waals surface area contributed by atoms with Gasteiger partial charge in [-0.25, -0.2) is 0 Å². The molecule has 44 heteroatoms. The summed E-state index contributed by atoms with van der Waals surface area (Å²) in [5.74, 6) is 0.615. The van der Waals surface area contributed by atoms with E-state index in [-0.39, 0.29) is 63.3 Å². The first-order valence-electron chi connectivity index (χ1n) is 43.3. The van der Waals surface area contributed by atoms with Crippen molar-refractivity contribution in [2.45, 2.75) is 215 Å². The minimum absolute atomic E-state index is 0.0604. The summed E-state index contributed by atoms with van der Waals surface area (Å²) in [5, 5.41) is 127. The third-order valence-electron chi connectivity index (χ3n) is 21.6. The lowest BCUT2D eigenvalue weighted by atomic mass is 9.84. The molecule has 6 aromatic rings. The number of hydrogen-bond acceptors (Lipinski definition) is 32. The summed E-state index contributed by atoms with van der Waals surface area (Å²) in [7, 11) is -27.3. The van der Waals surface area contributed by atoms with Gasteiger partial charge in [-0.1, -0.05) is 216 Å². The van der Waals surface area contributed by atoms with Crippen molar-refractivity contribution in [2.24, 2.45) is 11.8 Å². The maximum Gasteiger partial charge on any atom is 0.492 e. The molecule has 20 N–H and O–H groups in total. The molecule has 730 valence electrons. The fraction of sp³-hybridized carbons (Fsp3) is 0.571. The van der Waals surface area contributed by atoms with E-state index in [4.69, 9.17) is 76.8 Å². The first-order chi connectivity index (χ1) is 60.0. The highest BCUT2D eigenvalue weighted by atomic mass is 28.5. The van der Waals surface area contributed by atoms with Crippen LogP contribution < -0.4 is 31.1 Å². The number of aliphatic hydroxyl groups is 13. The number of aliphatic hydroxyl groups excluding tert-OH is 13.